The van der Waals surface area contributed by atoms with Crippen molar-refractivity contribution < 1.29 is 14.3 Å². The summed E-state index contributed by atoms with van der Waals surface area (Å²) in [6, 6.07) is 7.18. The Bertz CT molecular complexity index is 898. The quantitative estimate of drug-likeness (QED) is 0.423. The summed E-state index contributed by atoms with van der Waals surface area (Å²) in [5.74, 6) is -0.644. The van der Waals surface area contributed by atoms with E-state index in [0.29, 0.717) is 25.0 Å². The molecular formula is C23H29N3O3. The van der Waals surface area contributed by atoms with Gasteiger partial charge >= 0.3 is 5.97 Å². The van der Waals surface area contributed by atoms with Crippen molar-refractivity contribution >= 4 is 22.8 Å². The third-order valence-electron chi connectivity index (χ3n) is 5.03. The lowest BCUT2D eigenvalue weighted by atomic mass is 10.0. The van der Waals surface area contributed by atoms with Crippen LogP contribution < -0.4 is 10.6 Å². The van der Waals surface area contributed by atoms with Crippen LogP contribution in [0.2, 0.25) is 0 Å². The number of allylic oxidation sites excluding steroid dienone is 1. The average molecular weight is 396 g/mol. The molecule has 0 aliphatic carbocycles. The highest BCUT2D eigenvalue weighted by molar-refractivity contribution is 5.96. The van der Waals surface area contributed by atoms with Crippen molar-refractivity contribution in [1.29, 1.82) is 0 Å². The molecule has 6 heteroatoms. The molecule has 154 valence electrons. The number of hydrogen-bond donors (Lipinski definition) is 3. The monoisotopic (exact) mass is 395 g/mol. The van der Waals surface area contributed by atoms with Crippen LogP contribution in [0.15, 0.2) is 54.5 Å². The lowest BCUT2D eigenvalue weighted by molar-refractivity contribution is -0.147. The fourth-order valence-electron chi connectivity index (χ4n) is 3.39. The summed E-state index contributed by atoms with van der Waals surface area (Å²) >= 11 is 0. The minimum absolute atomic E-state index is 0.255. The number of H-pyrrole nitrogens is 1. The molecule has 0 radical (unpaired) electrons. The highest BCUT2D eigenvalue weighted by atomic mass is 16.5. The summed E-state index contributed by atoms with van der Waals surface area (Å²) in [6.07, 6.45) is 12.2. The smallest absolute Gasteiger partial charge is 0.328 e. The first-order chi connectivity index (χ1) is 14.2. The van der Waals surface area contributed by atoms with Gasteiger partial charge in [0.15, 0.2) is 0 Å². The molecule has 2 heterocycles. The zero-order valence-corrected chi connectivity index (χ0v) is 16.9. The topological polar surface area (TPSA) is 83.2 Å². The molecule has 0 fully saturated rings. The van der Waals surface area contributed by atoms with Crippen LogP contribution in [-0.4, -0.2) is 29.5 Å². The number of benzene rings is 1. The number of amides is 1. The molecule has 3 rings (SSSR count). The van der Waals surface area contributed by atoms with E-state index < -0.39 is 6.04 Å². The van der Waals surface area contributed by atoms with E-state index in [4.69, 9.17) is 4.74 Å². The molecule has 1 aromatic heterocycles. The van der Waals surface area contributed by atoms with Crippen LogP contribution in [0.4, 0.5) is 0 Å². The first kappa shape index (κ1) is 20.7. The lowest BCUT2D eigenvalue weighted by Gasteiger charge is -2.19. The molecule has 3 N–H and O–H groups in total. The van der Waals surface area contributed by atoms with Crippen molar-refractivity contribution in [3.63, 3.8) is 0 Å². The van der Waals surface area contributed by atoms with Crippen molar-refractivity contribution in [1.82, 2.24) is 15.6 Å². The van der Waals surface area contributed by atoms with E-state index >= 15 is 0 Å². The molecule has 0 bridgehead atoms. The first-order valence-electron chi connectivity index (χ1n) is 10.3. The second-order valence-electron chi connectivity index (χ2n) is 7.26. The Hall–Kier alpha value is -3.02. The van der Waals surface area contributed by atoms with Crippen LogP contribution in [0.3, 0.4) is 0 Å². The molecule has 29 heavy (non-hydrogen) atoms. The van der Waals surface area contributed by atoms with E-state index in [9.17, 15) is 9.59 Å². The van der Waals surface area contributed by atoms with Crippen LogP contribution in [0.1, 0.15) is 44.6 Å². The normalized spacial score (nSPS) is 14.2. The molecule has 1 unspecified atom stereocenters. The van der Waals surface area contributed by atoms with E-state index in [1.165, 1.54) is 0 Å². The van der Waals surface area contributed by atoms with Crippen LogP contribution in [0, 0.1) is 0 Å². The van der Waals surface area contributed by atoms with Gasteiger partial charge in [-0.15, -0.1) is 0 Å². The van der Waals surface area contributed by atoms with Gasteiger partial charge in [0.05, 0.1) is 6.61 Å². The molecule has 1 aromatic carbocycles. The standard InChI is InChI=1S/C23H29N3O3/c1-2-3-4-7-13-29-23(28)21(26-22(27)17-9-8-12-24-15-17)14-18-16-25-20-11-6-5-10-19(18)20/h5-6,8,10-12,15-16,21,24-25H,2-4,7,9,13-14H2,1H3,(H,26,27). The number of aromatic nitrogens is 1. The largest absolute Gasteiger partial charge is 0.464 e. The van der Waals surface area contributed by atoms with Gasteiger partial charge in [-0.05, 0) is 30.7 Å². The van der Waals surface area contributed by atoms with Gasteiger partial charge in [0, 0.05) is 35.3 Å². The number of unbranched alkanes of at least 4 members (excludes halogenated alkanes) is 3. The van der Waals surface area contributed by atoms with Gasteiger partial charge in [0.2, 0.25) is 5.91 Å². The summed E-state index contributed by atoms with van der Waals surface area (Å²) in [5.41, 5.74) is 2.57. The Labute approximate surface area is 171 Å². The number of dihydropyridines is 1. The Morgan fingerprint density at radius 2 is 2.07 bits per heavy atom. The van der Waals surface area contributed by atoms with Gasteiger partial charge in [-0.25, -0.2) is 4.79 Å². The maximum atomic E-state index is 12.8. The number of para-hydroxylation sites is 1. The average Bonchev–Trinajstić information content (AvgIpc) is 3.16. The van der Waals surface area contributed by atoms with Gasteiger partial charge < -0.3 is 20.4 Å². The second-order valence-corrected chi connectivity index (χ2v) is 7.26. The highest BCUT2D eigenvalue weighted by Crippen LogP contribution is 2.20. The maximum Gasteiger partial charge on any atom is 0.328 e. The van der Waals surface area contributed by atoms with E-state index in [1.807, 2.05) is 36.5 Å². The maximum absolute atomic E-state index is 12.8. The van der Waals surface area contributed by atoms with Crippen molar-refractivity contribution in [2.45, 2.75) is 51.5 Å². The van der Waals surface area contributed by atoms with Crippen molar-refractivity contribution in [2.24, 2.45) is 0 Å². The van der Waals surface area contributed by atoms with Gasteiger partial charge in [0.25, 0.3) is 0 Å². The summed E-state index contributed by atoms with van der Waals surface area (Å²) in [4.78, 5) is 28.6. The molecule has 1 aliphatic rings. The Kier molecular flexibility index (Phi) is 7.50. The molecule has 0 spiro atoms. The number of esters is 1. The summed E-state index contributed by atoms with van der Waals surface area (Å²) in [6.45, 7) is 2.52. The summed E-state index contributed by atoms with van der Waals surface area (Å²) < 4.78 is 5.49. The van der Waals surface area contributed by atoms with Gasteiger partial charge in [-0.2, -0.15) is 0 Å². The minimum atomic E-state index is -0.736. The van der Waals surface area contributed by atoms with Crippen LogP contribution in [0.25, 0.3) is 10.9 Å². The Morgan fingerprint density at radius 1 is 1.21 bits per heavy atom. The fourth-order valence-corrected chi connectivity index (χ4v) is 3.39. The molecule has 1 amide bonds. The number of ether oxygens (including phenoxy) is 1. The molecule has 0 saturated carbocycles. The number of carbonyl (C=O) groups excluding carboxylic acids is 2. The molecular weight excluding hydrogens is 366 g/mol. The number of aromatic amines is 1. The zero-order chi connectivity index (χ0) is 20.5. The van der Waals surface area contributed by atoms with E-state index in [1.54, 1.807) is 12.4 Å². The van der Waals surface area contributed by atoms with E-state index in [0.717, 1.165) is 42.1 Å². The van der Waals surface area contributed by atoms with E-state index in [2.05, 4.69) is 22.5 Å². The third-order valence-corrected chi connectivity index (χ3v) is 5.03. The number of fused-ring (bicyclic) bond motifs is 1. The van der Waals surface area contributed by atoms with Gasteiger partial charge in [-0.3, -0.25) is 4.79 Å². The fraction of sp³-hybridized carbons (Fsp3) is 0.391. The SMILES string of the molecule is CCCCCCOC(=O)C(Cc1c[nH]c2ccccc12)NC(=O)C1=CNC=CC1. The third kappa shape index (κ3) is 5.73. The van der Waals surface area contributed by atoms with Crippen LogP contribution >= 0.6 is 0 Å². The van der Waals surface area contributed by atoms with Gasteiger partial charge in [0.1, 0.15) is 6.04 Å². The highest BCUT2D eigenvalue weighted by Gasteiger charge is 2.25. The first-order valence-corrected chi connectivity index (χ1v) is 10.3. The number of rotatable bonds is 10. The lowest BCUT2D eigenvalue weighted by Crippen LogP contribution is -2.44. The molecule has 2 aromatic rings. The van der Waals surface area contributed by atoms with E-state index in [-0.39, 0.29) is 11.9 Å². The number of hydrogen-bond acceptors (Lipinski definition) is 4. The minimum Gasteiger partial charge on any atom is -0.464 e. The number of nitrogens with one attached hydrogen (secondary N) is 3. The predicted octanol–water partition coefficient (Wildman–Crippen LogP) is 3.71. The molecule has 1 atom stereocenters. The molecule has 6 nitrogen and oxygen atoms in total. The second kappa shape index (κ2) is 10.5. The summed E-state index contributed by atoms with van der Waals surface area (Å²) in [7, 11) is 0. The number of carbonyl (C=O) groups is 2. The van der Waals surface area contributed by atoms with Gasteiger partial charge in [-0.1, -0.05) is 50.5 Å². The molecule has 1 aliphatic heterocycles. The van der Waals surface area contributed by atoms with Crippen molar-refractivity contribution in [3.05, 3.63) is 60.1 Å². The summed E-state index contributed by atoms with van der Waals surface area (Å²) in [5, 5.41) is 6.83. The Morgan fingerprint density at radius 3 is 2.86 bits per heavy atom. The predicted molar refractivity (Wildman–Crippen MR) is 114 cm³/mol. The van der Waals surface area contributed by atoms with Crippen molar-refractivity contribution in [3.8, 4) is 0 Å². The van der Waals surface area contributed by atoms with Crippen molar-refractivity contribution in [2.75, 3.05) is 6.61 Å². The van der Waals surface area contributed by atoms with Crippen LogP contribution in [0.5, 0.6) is 0 Å². The Balaban J connectivity index is 1.69. The van der Waals surface area contributed by atoms with Crippen LogP contribution in [-0.2, 0) is 20.7 Å². The zero-order valence-electron chi connectivity index (χ0n) is 16.9. The molecule has 0 saturated heterocycles.